The fourth-order valence-corrected chi connectivity index (χ4v) is 7.80. The van der Waals surface area contributed by atoms with E-state index in [0.29, 0.717) is 0 Å². The van der Waals surface area contributed by atoms with Crippen molar-refractivity contribution >= 4 is 13.6 Å². The minimum atomic E-state index is -3.11. The number of benzene rings is 1. The molecule has 0 atom stereocenters. The van der Waals surface area contributed by atoms with Gasteiger partial charge in [-0.15, -0.1) is 0 Å². The predicted molar refractivity (Wildman–Crippen MR) is 91.1 cm³/mol. The van der Waals surface area contributed by atoms with Crippen LogP contribution >= 0.6 is 0 Å². The van der Waals surface area contributed by atoms with E-state index in [2.05, 4.69) is 32.9 Å². The molecule has 1 aromatic carbocycles. The van der Waals surface area contributed by atoms with E-state index in [4.69, 9.17) is 0 Å². The first kappa shape index (κ1) is 17.4. The van der Waals surface area contributed by atoms with E-state index in [1.165, 1.54) is 5.56 Å². The summed E-state index contributed by atoms with van der Waals surface area (Å²) >= 11 is 0. The predicted octanol–water partition coefficient (Wildman–Crippen LogP) is 5.71. The molecule has 0 amide bonds. The third kappa shape index (κ3) is 3.00. The summed E-state index contributed by atoms with van der Waals surface area (Å²) < 4.78 is 16.1. The quantitative estimate of drug-likeness (QED) is 0.460. The van der Waals surface area contributed by atoms with Crippen molar-refractivity contribution < 1.29 is 4.11 Å². The van der Waals surface area contributed by atoms with Gasteiger partial charge in [-0.1, -0.05) is 86.6 Å². The zero-order valence-corrected chi connectivity index (χ0v) is 15.7. The van der Waals surface area contributed by atoms with Crippen LogP contribution in [-0.2, 0) is 5.41 Å². The van der Waals surface area contributed by atoms with Gasteiger partial charge in [0.1, 0.15) is 0 Å². The first-order chi connectivity index (χ1) is 8.71. The van der Waals surface area contributed by atoms with Crippen molar-refractivity contribution in [1.82, 2.24) is 0 Å². The highest BCUT2D eigenvalue weighted by Gasteiger charge is 2.56. The monoisotopic (exact) mass is 294 g/mol. The molecule has 1 aromatic rings. The summed E-state index contributed by atoms with van der Waals surface area (Å²) in [5.74, 6) is 0. The lowest BCUT2D eigenvalue weighted by atomic mass is 9.87. The number of hydrogen-bond acceptors (Lipinski definition) is 0. The van der Waals surface area contributed by atoms with Crippen molar-refractivity contribution in [3.63, 3.8) is 0 Å². The molecule has 114 valence electrons. The highest BCUT2D eigenvalue weighted by atomic mass is 28.4. The molecule has 0 heterocycles. The van der Waals surface area contributed by atoms with Crippen LogP contribution in [0.4, 0.5) is 4.11 Å². The highest BCUT2D eigenvalue weighted by Crippen LogP contribution is 2.51. The molecule has 0 aliphatic carbocycles. The third-order valence-electron chi connectivity index (χ3n) is 4.22. The van der Waals surface area contributed by atoms with Gasteiger partial charge in [0.2, 0.25) is 0 Å². The Morgan fingerprint density at radius 1 is 0.700 bits per heavy atom. The molecule has 0 aromatic heterocycles. The minimum absolute atomic E-state index is 0.114. The molecule has 0 aliphatic heterocycles. The van der Waals surface area contributed by atoms with Gasteiger partial charge >= 0.3 is 0 Å². The van der Waals surface area contributed by atoms with E-state index >= 15 is 4.11 Å². The SMILES string of the molecule is CC(C)(C)c1ccc([Si](F)(C(C)(C)C)C(C)(C)C)cc1. The lowest BCUT2D eigenvalue weighted by Gasteiger charge is -2.45. The number of halogens is 1. The minimum Gasteiger partial charge on any atom is -0.307 e. The van der Waals surface area contributed by atoms with Crippen LogP contribution in [-0.4, -0.2) is 8.41 Å². The smallest absolute Gasteiger partial charge is 0.288 e. The number of hydrogen-bond donors (Lipinski definition) is 0. The van der Waals surface area contributed by atoms with Crippen LogP contribution in [0, 0.1) is 0 Å². The van der Waals surface area contributed by atoms with Crippen LogP contribution in [0.2, 0.25) is 10.1 Å². The summed E-state index contributed by atoms with van der Waals surface area (Å²) in [5.41, 5.74) is 1.38. The summed E-state index contributed by atoms with van der Waals surface area (Å²) in [4.78, 5) is 0. The summed E-state index contributed by atoms with van der Waals surface area (Å²) in [5, 5.41) is 0.300. The largest absolute Gasteiger partial charge is 0.307 e. The van der Waals surface area contributed by atoms with Crippen molar-refractivity contribution in [1.29, 1.82) is 0 Å². The van der Waals surface area contributed by atoms with Crippen LogP contribution in [0.3, 0.4) is 0 Å². The summed E-state index contributed by atoms with van der Waals surface area (Å²) in [6, 6.07) is 8.27. The Morgan fingerprint density at radius 2 is 1.05 bits per heavy atom. The van der Waals surface area contributed by atoms with Crippen molar-refractivity contribution in [2.45, 2.75) is 77.8 Å². The van der Waals surface area contributed by atoms with Gasteiger partial charge in [0.15, 0.2) is 0 Å². The first-order valence-electron chi connectivity index (χ1n) is 7.51. The summed E-state index contributed by atoms with van der Waals surface area (Å²) in [6.45, 7) is 18.8. The number of rotatable bonds is 1. The second-order valence-electron chi connectivity index (χ2n) is 8.99. The van der Waals surface area contributed by atoms with Crippen LogP contribution in [0.1, 0.15) is 67.9 Å². The molecule has 0 unspecified atom stereocenters. The standard InChI is InChI=1S/C18H31FSi/c1-16(2,3)14-10-12-15(13-11-14)20(19,17(4,5)6)18(7,8)9/h10-13H,1-9H3. The molecule has 2 heteroatoms. The maximum absolute atomic E-state index is 16.1. The van der Waals surface area contributed by atoms with Crippen LogP contribution in [0.5, 0.6) is 0 Å². The van der Waals surface area contributed by atoms with Crippen molar-refractivity contribution in [3.8, 4) is 0 Å². The molecule has 0 fully saturated rings. The topological polar surface area (TPSA) is 0 Å². The summed E-state index contributed by atoms with van der Waals surface area (Å²) in [6.07, 6.45) is 0. The van der Waals surface area contributed by atoms with Gasteiger partial charge in [0.05, 0.1) is 0 Å². The fourth-order valence-electron chi connectivity index (χ4n) is 3.19. The molecule has 0 saturated carbocycles. The van der Waals surface area contributed by atoms with Crippen LogP contribution < -0.4 is 5.19 Å². The molecule has 0 aliphatic rings. The van der Waals surface area contributed by atoms with Gasteiger partial charge < -0.3 is 4.11 Å². The Kier molecular flexibility index (Phi) is 4.33. The van der Waals surface area contributed by atoms with Gasteiger partial charge in [0.25, 0.3) is 8.41 Å². The third-order valence-corrected chi connectivity index (χ3v) is 9.48. The van der Waals surface area contributed by atoms with Gasteiger partial charge in [-0.25, -0.2) is 0 Å². The molecule has 0 saturated heterocycles. The Bertz CT molecular complexity index is 438. The van der Waals surface area contributed by atoms with Gasteiger partial charge in [0, 0.05) is 0 Å². The average Bonchev–Trinajstić information content (AvgIpc) is 2.24. The van der Waals surface area contributed by atoms with E-state index in [0.717, 1.165) is 5.19 Å². The van der Waals surface area contributed by atoms with Gasteiger partial charge in [-0.05, 0) is 26.2 Å². The van der Waals surface area contributed by atoms with E-state index in [1.54, 1.807) is 0 Å². The van der Waals surface area contributed by atoms with E-state index in [1.807, 2.05) is 53.7 Å². The maximum Gasteiger partial charge on any atom is 0.288 e. The second-order valence-corrected chi connectivity index (χ2v) is 13.9. The second kappa shape index (κ2) is 4.98. The van der Waals surface area contributed by atoms with Crippen molar-refractivity contribution in [2.75, 3.05) is 0 Å². The first-order valence-corrected chi connectivity index (χ1v) is 9.39. The maximum atomic E-state index is 16.1. The Hall–Kier alpha value is -0.633. The van der Waals surface area contributed by atoms with Gasteiger partial charge in [-0.2, -0.15) is 0 Å². The Balaban J connectivity index is 3.39. The van der Waals surface area contributed by atoms with E-state index in [-0.39, 0.29) is 15.5 Å². The fraction of sp³-hybridized carbons (Fsp3) is 0.667. The molecule has 0 bridgehead atoms. The molecule has 0 radical (unpaired) electrons. The summed E-state index contributed by atoms with van der Waals surface area (Å²) in [7, 11) is -3.11. The Morgan fingerprint density at radius 3 is 1.30 bits per heavy atom. The van der Waals surface area contributed by atoms with Gasteiger partial charge in [-0.3, -0.25) is 0 Å². The normalized spacial score (nSPS) is 14.5. The van der Waals surface area contributed by atoms with Crippen LogP contribution in [0.25, 0.3) is 0 Å². The molecule has 0 nitrogen and oxygen atoms in total. The van der Waals surface area contributed by atoms with Crippen molar-refractivity contribution in [2.24, 2.45) is 0 Å². The molecule has 0 spiro atoms. The zero-order valence-electron chi connectivity index (χ0n) is 14.7. The zero-order chi connectivity index (χ0) is 16.0. The molecule has 0 N–H and O–H groups in total. The van der Waals surface area contributed by atoms with E-state index in [9.17, 15) is 0 Å². The van der Waals surface area contributed by atoms with E-state index < -0.39 is 8.41 Å². The lowest BCUT2D eigenvalue weighted by Crippen LogP contribution is -2.57. The lowest BCUT2D eigenvalue weighted by molar-refractivity contribution is 0.534. The Labute approximate surface area is 126 Å². The average molecular weight is 295 g/mol. The van der Waals surface area contributed by atoms with Crippen molar-refractivity contribution in [3.05, 3.63) is 29.8 Å². The molecular formula is C18H31FSi. The molecular weight excluding hydrogens is 263 g/mol. The van der Waals surface area contributed by atoms with Crippen LogP contribution in [0.15, 0.2) is 24.3 Å². The molecule has 1 rings (SSSR count). The highest BCUT2D eigenvalue weighted by molar-refractivity contribution is 6.90. The molecule has 20 heavy (non-hydrogen) atoms.